The van der Waals surface area contributed by atoms with Crippen molar-refractivity contribution in [1.82, 2.24) is 14.5 Å². The third-order valence-corrected chi connectivity index (χ3v) is 5.68. The van der Waals surface area contributed by atoms with Crippen molar-refractivity contribution < 1.29 is 41.1 Å². The van der Waals surface area contributed by atoms with Crippen LogP contribution in [0.25, 0.3) is 0 Å². The fourth-order valence-electron chi connectivity index (χ4n) is 3.57. The smallest absolute Gasteiger partial charge is 0.475 e. The summed E-state index contributed by atoms with van der Waals surface area (Å²) in [6, 6.07) is -0.710. The Labute approximate surface area is 160 Å². The number of hydrogen-bond acceptors (Lipinski definition) is 6. The van der Waals surface area contributed by atoms with Crippen LogP contribution in [0.3, 0.4) is 0 Å². The summed E-state index contributed by atoms with van der Waals surface area (Å²) in [6.07, 6.45) is -2.10. The largest absolute Gasteiger partial charge is 0.490 e. The third-order valence-electron chi connectivity index (χ3n) is 4.52. The quantitative estimate of drug-likeness (QED) is 0.629. The second-order valence-electron chi connectivity index (χ2n) is 6.56. The number of carboxylic acid groups (broad SMARTS) is 1. The molecule has 0 spiro atoms. The van der Waals surface area contributed by atoms with Crippen molar-refractivity contribution in [2.75, 3.05) is 26.4 Å². The zero-order chi connectivity index (χ0) is 21.9. The van der Waals surface area contributed by atoms with Gasteiger partial charge in [-0.3, -0.25) is 9.59 Å². The lowest BCUT2D eigenvalue weighted by molar-refractivity contribution is -0.192. The number of alkyl halides is 3. The zero-order valence-electron chi connectivity index (χ0n) is 15.7. The zero-order valence-corrected chi connectivity index (χ0v) is 16.5. The Morgan fingerprint density at radius 1 is 1.32 bits per heavy atom. The van der Waals surface area contributed by atoms with E-state index in [1.807, 2.05) is 6.92 Å². The van der Waals surface area contributed by atoms with Gasteiger partial charge in [0.15, 0.2) is 0 Å². The number of aliphatic carboxylic acids is 1. The number of carboxylic acids is 1. The van der Waals surface area contributed by atoms with E-state index >= 15 is 0 Å². The number of amides is 2. The maximum atomic E-state index is 12.5. The van der Waals surface area contributed by atoms with E-state index in [0.29, 0.717) is 19.4 Å². The van der Waals surface area contributed by atoms with Gasteiger partial charge in [-0.25, -0.2) is 17.5 Å². The van der Waals surface area contributed by atoms with Gasteiger partial charge in [0.25, 0.3) is 0 Å². The molecular weight excluding hydrogens is 407 g/mol. The van der Waals surface area contributed by atoms with Crippen LogP contribution >= 0.6 is 0 Å². The van der Waals surface area contributed by atoms with E-state index in [2.05, 4.69) is 5.32 Å². The van der Waals surface area contributed by atoms with Crippen molar-refractivity contribution in [2.45, 2.75) is 44.4 Å². The van der Waals surface area contributed by atoms with Gasteiger partial charge < -0.3 is 15.3 Å². The molecule has 2 rings (SSSR count). The van der Waals surface area contributed by atoms with E-state index in [1.165, 1.54) is 0 Å². The molecule has 0 aliphatic carbocycles. The Kier molecular flexibility index (Phi) is 7.82. The van der Waals surface area contributed by atoms with Crippen LogP contribution in [0.2, 0.25) is 0 Å². The number of likely N-dealkylation sites (tertiary alicyclic amines) is 1. The van der Waals surface area contributed by atoms with E-state index in [4.69, 9.17) is 9.90 Å². The fourth-order valence-corrected chi connectivity index (χ4v) is 4.76. The topological polar surface area (TPSA) is 124 Å². The number of fused-ring (bicyclic) bond motifs is 1. The lowest BCUT2D eigenvalue weighted by atomic mass is 9.94. The summed E-state index contributed by atoms with van der Waals surface area (Å²) < 4.78 is 56.6. The van der Waals surface area contributed by atoms with Gasteiger partial charge in [0.05, 0.1) is 30.8 Å². The number of carbonyl (C=O) groups excluding carboxylic acids is 2. The highest BCUT2D eigenvalue weighted by Gasteiger charge is 2.56. The number of nitrogens with one attached hydrogen (secondary N) is 1. The number of carbonyl (C=O) groups is 3. The van der Waals surface area contributed by atoms with Crippen molar-refractivity contribution in [1.29, 1.82) is 0 Å². The predicted octanol–water partition coefficient (Wildman–Crippen LogP) is 0.0267. The SMILES string of the molecule is CCCC1C(=O)N(S(C)(=O)=O)C2CCN(C(=O)CNC)C12.O=C(O)C(F)(F)F. The van der Waals surface area contributed by atoms with Gasteiger partial charge >= 0.3 is 12.1 Å². The molecule has 2 amide bonds. The average Bonchev–Trinajstić information content (AvgIpc) is 3.05. The molecule has 3 unspecified atom stereocenters. The van der Waals surface area contributed by atoms with Crippen molar-refractivity contribution in [3.05, 3.63) is 0 Å². The molecule has 2 N–H and O–H groups in total. The molecule has 2 fully saturated rings. The molecule has 28 heavy (non-hydrogen) atoms. The first-order valence-corrected chi connectivity index (χ1v) is 10.4. The summed E-state index contributed by atoms with van der Waals surface area (Å²) in [4.78, 5) is 35.2. The molecule has 2 saturated heterocycles. The summed E-state index contributed by atoms with van der Waals surface area (Å²) in [7, 11) is -1.90. The van der Waals surface area contributed by atoms with Gasteiger partial charge in [-0.2, -0.15) is 13.2 Å². The summed E-state index contributed by atoms with van der Waals surface area (Å²) in [5.41, 5.74) is 0. The Hall–Kier alpha value is -1.89. The molecule has 0 aromatic carbocycles. The second kappa shape index (κ2) is 9.07. The van der Waals surface area contributed by atoms with Crippen LogP contribution in [0.15, 0.2) is 0 Å². The number of hydrogen-bond donors (Lipinski definition) is 2. The molecule has 0 radical (unpaired) electrons. The van der Waals surface area contributed by atoms with Crippen molar-refractivity contribution >= 4 is 27.8 Å². The first kappa shape index (κ1) is 24.1. The maximum Gasteiger partial charge on any atom is 0.490 e. The van der Waals surface area contributed by atoms with Crippen LogP contribution in [0.4, 0.5) is 13.2 Å². The van der Waals surface area contributed by atoms with Crippen LogP contribution in [-0.2, 0) is 24.4 Å². The highest BCUT2D eigenvalue weighted by Crippen LogP contribution is 2.39. The van der Waals surface area contributed by atoms with Gasteiger partial charge in [0.1, 0.15) is 0 Å². The molecule has 0 bridgehead atoms. The lowest BCUT2D eigenvalue weighted by Gasteiger charge is -2.27. The van der Waals surface area contributed by atoms with Crippen LogP contribution in [0, 0.1) is 5.92 Å². The number of sulfonamides is 1. The highest BCUT2D eigenvalue weighted by molar-refractivity contribution is 7.88. The molecule has 162 valence electrons. The first-order chi connectivity index (χ1) is 12.8. The average molecular weight is 431 g/mol. The third kappa shape index (κ3) is 5.34. The second-order valence-corrected chi connectivity index (χ2v) is 8.42. The number of likely N-dealkylation sites (N-methyl/N-ethyl adjacent to an activating group) is 1. The standard InChI is InChI=1S/C13H23N3O4S.C2HF3O2/c1-4-5-9-12-10(16(13(9)18)21(3,19)20)6-7-15(12)11(17)8-14-2;3-2(4,5)1(6)7/h9-10,12,14H,4-8H2,1-3H3;(H,6,7). The molecule has 3 atom stereocenters. The van der Waals surface area contributed by atoms with Crippen LogP contribution in [0.5, 0.6) is 0 Å². The fraction of sp³-hybridized carbons (Fsp3) is 0.800. The molecule has 2 heterocycles. The van der Waals surface area contributed by atoms with E-state index < -0.39 is 34.1 Å². The Morgan fingerprint density at radius 3 is 2.25 bits per heavy atom. The summed E-state index contributed by atoms with van der Waals surface area (Å²) in [6.45, 7) is 2.67. The summed E-state index contributed by atoms with van der Waals surface area (Å²) in [5, 5.41) is 9.94. The number of nitrogens with zero attached hydrogens (tertiary/aromatic N) is 2. The highest BCUT2D eigenvalue weighted by atomic mass is 32.2. The van der Waals surface area contributed by atoms with Gasteiger partial charge in [0, 0.05) is 6.54 Å². The lowest BCUT2D eigenvalue weighted by Crippen LogP contribution is -2.45. The van der Waals surface area contributed by atoms with Crippen molar-refractivity contribution in [2.24, 2.45) is 5.92 Å². The minimum Gasteiger partial charge on any atom is -0.475 e. The molecule has 2 aliphatic heterocycles. The minimum atomic E-state index is -5.08. The normalized spacial score (nSPS) is 24.6. The van der Waals surface area contributed by atoms with Crippen molar-refractivity contribution in [3.8, 4) is 0 Å². The number of halogens is 3. The van der Waals surface area contributed by atoms with E-state index in [-0.39, 0.29) is 24.4 Å². The maximum absolute atomic E-state index is 12.5. The first-order valence-electron chi connectivity index (χ1n) is 8.54. The van der Waals surface area contributed by atoms with Crippen LogP contribution < -0.4 is 5.32 Å². The predicted molar refractivity (Wildman–Crippen MR) is 91.6 cm³/mol. The molecule has 0 saturated carbocycles. The summed E-state index contributed by atoms with van der Waals surface area (Å²) in [5.74, 6) is -3.59. The van der Waals surface area contributed by atoms with E-state index in [1.54, 1.807) is 11.9 Å². The molecule has 13 heteroatoms. The Balaban J connectivity index is 0.000000480. The van der Waals surface area contributed by atoms with Gasteiger partial charge in [-0.1, -0.05) is 13.3 Å². The Morgan fingerprint density at radius 2 is 1.86 bits per heavy atom. The summed E-state index contributed by atoms with van der Waals surface area (Å²) >= 11 is 0. The van der Waals surface area contributed by atoms with Gasteiger partial charge in [0.2, 0.25) is 21.8 Å². The monoisotopic (exact) mass is 431 g/mol. The Bertz CT molecular complexity index is 712. The van der Waals surface area contributed by atoms with Gasteiger partial charge in [-0.05, 0) is 19.9 Å². The molecule has 9 nitrogen and oxygen atoms in total. The molecule has 2 aliphatic rings. The van der Waals surface area contributed by atoms with Gasteiger partial charge in [-0.15, -0.1) is 0 Å². The molecule has 0 aromatic heterocycles. The molecular formula is C15H24F3N3O6S. The minimum absolute atomic E-state index is 0.0748. The van der Waals surface area contributed by atoms with Crippen LogP contribution in [-0.4, -0.2) is 85.2 Å². The van der Waals surface area contributed by atoms with Crippen LogP contribution in [0.1, 0.15) is 26.2 Å². The van der Waals surface area contributed by atoms with E-state index in [0.717, 1.165) is 17.0 Å². The number of rotatable bonds is 5. The molecule has 0 aromatic rings. The van der Waals surface area contributed by atoms with Crippen molar-refractivity contribution in [3.63, 3.8) is 0 Å². The van der Waals surface area contributed by atoms with E-state index in [9.17, 15) is 31.2 Å².